The van der Waals surface area contributed by atoms with Crippen LogP contribution in [0.3, 0.4) is 0 Å². The van der Waals surface area contributed by atoms with E-state index in [1.54, 1.807) is 6.20 Å². The van der Waals surface area contributed by atoms with Gasteiger partial charge in [0.05, 0.1) is 5.56 Å². The smallest absolute Gasteiger partial charge is 0.138 e. The Balaban J connectivity index is 2.83. The number of nitrogens with one attached hydrogen (secondary N) is 1. The lowest BCUT2D eigenvalue weighted by Gasteiger charge is -1.88. The quantitative estimate of drug-likeness (QED) is 0.713. The van der Waals surface area contributed by atoms with Gasteiger partial charge in [0, 0.05) is 17.3 Å². The lowest BCUT2D eigenvalue weighted by molar-refractivity contribution is 1.06. The van der Waals surface area contributed by atoms with Crippen LogP contribution in [0.5, 0.6) is 0 Å². The number of H-pyrrole nitrogens is 1. The molecule has 0 saturated carbocycles. The van der Waals surface area contributed by atoms with Crippen molar-refractivity contribution in [3.05, 3.63) is 29.6 Å². The summed E-state index contributed by atoms with van der Waals surface area (Å²) in [5.74, 6) is 0. The molecule has 0 radical (unpaired) electrons. The van der Waals surface area contributed by atoms with Crippen LogP contribution in [0.2, 0.25) is 0 Å². The topological polar surface area (TPSA) is 52.5 Å². The van der Waals surface area contributed by atoms with E-state index in [4.69, 9.17) is 5.26 Å². The second-order valence-corrected chi connectivity index (χ2v) is 2.84. The minimum absolute atomic E-state index is 0.727. The molecule has 1 N–H and O–H groups in total. The van der Waals surface area contributed by atoms with Gasteiger partial charge >= 0.3 is 0 Å². The van der Waals surface area contributed by atoms with Crippen LogP contribution in [0, 0.1) is 11.3 Å². The van der Waals surface area contributed by atoms with Gasteiger partial charge in [-0.25, -0.2) is 4.98 Å². The molecule has 0 aromatic carbocycles. The fraction of sp³-hybridized carbons (Fsp3) is 0.200. The first kappa shape index (κ1) is 7.81. The van der Waals surface area contributed by atoms with Crippen LogP contribution in [0.25, 0.3) is 11.0 Å². The first-order valence-corrected chi connectivity index (χ1v) is 4.22. The number of hydrogen-bond acceptors (Lipinski definition) is 2. The summed E-state index contributed by atoms with van der Waals surface area (Å²) in [7, 11) is 0. The zero-order chi connectivity index (χ0) is 9.26. The van der Waals surface area contributed by atoms with Gasteiger partial charge in [-0.2, -0.15) is 5.26 Å². The first-order chi connectivity index (χ1) is 6.36. The van der Waals surface area contributed by atoms with Gasteiger partial charge < -0.3 is 4.98 Å². The second kappa shape index (κ2) is 2.91. The maximum atomic E-state index is 8.94. The molecule has 0 unspecified atom stereocenters. The van der Waals surface area contributed by atoms with Crippen molar-refractivity contribution in [1.82, 2.24) is 9.97 Å². The van der Waals surface area contributed by atoms with E-state index in [-0.39, 0.29) is 0 Å². The molecule has 0 aliphatic rings. The van der Waals surface area contributed by atoms with E-state index in [2.05, 4.69) is 16.0 Å². The predicted molar refractivity (Wildman–Crippen MR) is 50.2 cm³/mol. The van der Waals surface area contributed by atoms with Crippen molar-refractivity contribution in [2.24, 2.45) is 0 Å². The Morgan fingerprint density at radius 3 is 3.15 bits per heavy atom. The van der Waals surface area contributed by atoms with Crippen molar-refractivity contribution < 1.29 is 0 Å². The van der Waals surface area contributed by atoms with Crippen LogP contribution in [0.15, 0.2) is 18.3 Å². The van der Waals surface area contributed by atoms with Crippen molar-refractivity contribution in [2.45, 2.75) is 13.3 Å². The maximum Gasteiger partial charge on any atom is 0.138 e. The van der Waals surface area contributed by atoms with E-state index in [0.29, 0.717) is 0 Å². The number of nitriles is 1. The van der Waals surface area contributed by atoms with Crippen LogP contribution < -0.4 is 0 Å². The fourth-order valence-corrected chi connectivity index (χ4v) is 1.47. The molecular weight excluding hydrogens is 162 g/mol. The third kappa shape index (κ3) is 1.07. The van der Waals surface area contributed by atoms with Crippen LogP contribution in [-0.4, -0.2) is 9.97 Å². The molecular formula is C10H9N3. The van der Waals surface area contributed by atoms with E-state index >= 15 is 0 Å². The molecule has 0 aliphatic carbocycles. The highest BCUT2D eigenvalue weighted by Gasteiger charge is 2.08. The Labute approximate surface area is 76.0 Å². The van der Waals surface area contributed by atoms with Crippen molar-refractivity contribution in [1.29, 1.82) is 5.26 Å². The number of fused-ring (bicyclic) bond motifs is 1. The van der Waals surface area contributed by atoms with Crippen LogP contribution in [0.1, 0.15) is 18.2 Å². The average Bonchev–Trinajstić information content (AvgIpc) is 2.55. The first-order valence-electron chi connectivity index (χ1n) is 4.22. The predicted octanol–water partition coefficient (Wildman–Crippen LogP) is 2.00. The molecule has 2 aromatic rings. The van der Waals surface area contributed by atoms with Crippen LogP contribution in [-0.2, 0) is 6.42 Å². The Morgan fingerprint density at radius 1 is 1.62 bits per heavy atom. The molecule has 2 heterocycles. The summed E-state index contributed by atoms with van der Waals surface area (Å²) in [6, 6.07) is 5.96. The minimum Gasteiger partial charge on any atom is -0.342 e. The number of aromatic amines is 1. The van der Waals surface area contributed by atoms with Crippen molar-refractivity contribution in [3.63, 3.8) is 0 Å². The Kier molecular flexibility index (Phi) is 1.75. The third-order valence-electron chi connectivity index (χ3n) is 2.11. The molecule has 2 aromatic heterocycles. The van der Waals surface area contributed by atoms with Crippen molar-refractivity contribution >= 4 is 11.0 Å². The Morgan fingerprint density at radius 2 is 2.46 bits per heavy atom. The van der Waals surface area contributed by atoms with Crippen molar-refractivity contribution in [2.75, 3.05) is 0 Å². The summed E-state index contributed by atoms with van der Waals surface area (Å²) < 4.78 is 0. The summed E-state index contributed by atoms with van der Waals surface area (Å²) >= 11 is 0. The molecule has 2 rings (SSSR count). The highest BCUT2D eigenvalue weighted by molar-refractivity contribution is 5.84. The summed E-state index contributed by atoms with van der Waals surface area (Å²) in [4.78, 5) is 7.28. The van der Waals surface area contributed by atoms with E-state index in [1.807, 2.05) is 19.1 Å². The lowest BCUT2D eigenvalue weighted by Crippen LogP contribution is -1.82. The number of pyridine rings is 1. The minimum atomic E-state index is 0.727. The zero-order valence-corrected chi connectivity index (χ0v) is 7.33. The maximum absolute atomic E-state index is 8.94. The van der Waals surface area contributed by atoms with E-state index < -0.39 is 0 Å². The monoisotopic (exact) mass is 171 g/mol. The molecule has 0 aliphatic heterocycles. The molecule has 0 fully saturated rings. The third-order valence-corrected chi connectivity index (χ3v) is 2.11. The van der Waals surface area contributed by atoms with Gasteiger partial charge in [-0.1, -0.05) is 6.92 Å². The van der Waals surface area contributed by atoms with Gasteiger partial charge in [0.25, 0.3) is 0 Å². The molecule has 13 heavy (non-hydrogen) atoms. The highest BCUT2D eigenvalue weighted by Crippen LogP contribution is 2.19. The SMILES string of the molecule is CCc1[nH]c2ncccc2c1C#N. The number of aryl methyl sites for hydroxylation is 1. The van der Waals surface area contributed by atoms with Gasteiger partial charge in [0.1, 0.15) is 11.7 Å². The molecule has 0 atom stereocenters. The molecule has 3 heteroatoms. The molecule has 0 amide bonds. The molecule has 0 spiro atoms. The molecule has 64 valence electrons. The van der Waals surface area contributed by atoms with E-state index in [0.717, 1.165) is 28.7 Å². The Bertz CT molecular complexity index is 476. The fourth-order valence-electron chi connectivity index (χ4n) is 1.47. The average molecular weight is 171 g/mol. The molecule has 0 saturated heterocycles. The standard InChI is InChI=1S/C10H9N3/c1-2-9-8(6-11)7-4-3-5-12-10(7)13-9/h3-5H,2H2,1H3,(H,12,13). The van der Waals surface area contributed by atoms with Gasteiger partial charge in [0.2, 0.25) is 0 Å². The number of nitrogens with zero attached hydrogens (tertiary/aromatic N) is 2. The number of rotatable bonds is 1. The summed E-state index contributed by atoms with van der Waals surface area (Å²) in [6.45, 7) is 2.02. The summed E-state index contributed by atoms with van der Waals surface area (Å²) in [5, 5.41) is 9.86. The van der Waals surface area contributed by atoms with Crippen LogP contribution in [0.4, 0.5) is 0 Å². The van der Waals surface area contributed by atoms with Crippen LogP contribution >= 0.6 is 0 Å². The number of aromatic nitrogens is 2. The lowest BCUT2D eigenvalue weighted by atomic mass is 10.1. The second-order valence-electron chi connectivity index (χ2n) is 2.84. The van der Waals surface area contributed by atoms with Gasteiger partial charge in [-0.3, -0.25) is 0 Å². The Hall–Kier alpha value is -1.82. The molecule has 3 nitrogen and oxygen atoms in total. The summed E-state index contributed by atoms with van der Waals surface area (Å²) in [6.07, 6.45) is 2.55. The van der Waals surface area contributed by atoms with E-state index in [1.165, 1.54) is 0 Å². The molecule has 0 bridgehead atoms. The zero-order valence-electron chi connectivity index (χ0n) is 7.33. The number of hydrogen-bond donors (Lipinski definition) is 1. The van der Waals surface area contributed by atoms with Gasteiger partial charge in [0.15, 0.2) is 0 Å². The highest BCUT2D eigenvalue weighted by atomic mass is 14.9. The largest absolute Gasteiger partial charge is 0.342 e. The summed E-state index contributed by atoms with van der Waals surface area (Å²) in [5.41, 5.74) is 2.50. The van der Waals surface area contributed by atoms with Crippen molar-refractivity contribution in [3.8, 4) is 6.07 Å². The van der Waals surface area contributed by atoms with Gasteiger partial charge in [-0.05, 0) is 18.6 Å². The van der Waals surface area contributed by atoms with E-state index in [9.17, 15) is 0 Å². The normalized spacial score (nSPS) is 10.2. The van der Waals surface area contributed by atoms with Gasteiger partial charge in [-0.15, -0.1) is 0 Å².